The van der Waals surface area contributed by atoms with Gasteiger partial charge in [-0.1, -0.05) is 30.3 Å². The van der Waals surface area contributed by atoms with Crippen molar-refractivity contribution in [2.45, 2.75) is 19.3 Å². The Hall–Kier alpha value is -2.11. The summed E-state index contributed by atoms with van der Waals surface area (Å²) in [6.07, 6.45) is 3.04. The molecule has 138 valence electrons. The Kier molecular flexibility index (Phi) is 4.29. The van der Waals surface area contributed by atoms with Gasteiger partial charge < -0.3 is 4.90 Å². The molecule has 0 unspecified atom stereocenters. The van der Waals surface area contributed by atoms with Gasteiger partial charge >= 0.3 is 0 Å². The Labute approximate surface area is 162 Å². The summed E-state index contributed by atoms with van der Waals surface area (Å²) in [4.78, 5) is 15.4. The van der Waals surface area contributed by atoms with Gasteiger partial charge in [-0.2, -0.15) is 4.37 Å². The minimum Gasteiger partial charge on any atom is -0.303 e. The van der Waals surface area contributed by atoms with E-state index in [1.807, 2.05) is 24.3 Å². The topological polar surface area (TPSA) is 33.2 Å². The molecule has 2 bridgehead atoms. The van der Waals surface area contributed by atoms with Crippen LogP contribution < -0.4 is 0 Å². The molecule has 5 heteroatoms. The zero-order valence-corrected chi connectivity index (χ0v) is 15.8. The molecule has 0 aliphatic carbocycles. The molecule has 3 nitrogen and oxygen atoms in total. The predicted octanol–water partition coefficient (Wildman–Crippen LogP) is 5.02. The molecule has 3 aromatic rings. The molecule has 3 saturated heterocycles. The molecule has 0 saturated carbocycles. The van der Waals surface area contributed by atoms with Gasteiger partial charge in [-0.3, -0.25) is 4.79 Å². The van der Waals surface area contributed by atoms with Gasteiger partial charge in [0.25, 0.3) is 0 Å². The molecule has 0 radical (unpaired) electrons. The Morgan fingerprint density at radius 1 is 1.19 bits per heavy atom. The first-order chi connectivity index (χ1) is 13.2. The highest BCUT2D eigenvalue weighted by Crippen LogP contribution is 2.36. The summed E-state index contributed by atoms with van der Waals surface area (Å²) in [6, 6.07) is 12.5. The maximum atomic E-state index is 14.1. The standard InChI is InChI=1S/C22H21FN2OS/c23-19-4-2-1-3-17(19)15-5-6-18-21(12-15)27-24-22(18)20(26)11-16-13-25-9-7-14(16)8-10-25/h1-6,12,14,16H,7-11,13H2/t16-/m1/s1. The van der Waals surface area contributed by atoms with Gasteiger partial charge in [0.2, 0.25) is 0 Å². The second-order valence-electron chi connectivity index (χ2n) is 7.75. The molecule has 2 aromatic carbocycles. The number of Topliss-reactive ketones (excluding diaryl/α,β-unsaturated/α-hetero) is 1. The molecule has 1 atom stereocenters. The van der Waals surface area contributed by atoms with E-state index in [-0.39, 0.29) is 11.6 Å². The minimum atomic E-state index is -0.236. The monoisotopic (exact) mass is 380 g/mol. The van der Waals surface area contributed by atoms with Crippen molar-refractivity contribution in [1.29, 1.82) is 0 Å². The van der Waals surface area contributed by atoms with Crippen LogP contribution in [0.1, 0.15) is 29.8 Å². The quantitative estimate of drug-likeness (QED) is 0.596. The molecule has 27 heavy (non-hydrogen) atoms. The number of ketones is 1. The number of hydrogen-bond donors (Lipinski definition) is 0. The van der Waals surface area contributed by atoms with Crippen LogP contribution in [0, 0.1) is 17.7 Å². The maximum Gasteiger partial charge on any atom is 0.183 e. The first-order valence-corrected chi connectivity index (χ1v) is 10.4. The molecule has 0 N–H and O–H groups in total. The number of hydrogen-bond acceptors (Lipinski definition) is 4. The Morgan fingerprint density at radius 3 is 2.74 bits per heavy atom. The van der Waals surface area contributed by atoms with E-state index in [1.165, 1.54) is 43.5 Å². The molecule has 3 fully saturated rings. The van der Waals surface area contributed by atoms with Crippen LogP contribution in [0.25, 0.3) is 21.2 Å². The van der Waals surface area contributed by atoms with Crippen LogP contribution in [-0.4, -0.2) is 34.7 Å². The number of carbonyl (C=O) groups is 1. The molecular formula is C22H21FN2OS. The minimum absolute atomic E-state index is 0.152. The normalized spacial score (nSPS) is 24.4. The fourth-order valence-corrected chi connectivity index (χ4v) is 5.49. The summed E-state index contributed by atoms with van der Waals surface area (Å²) in [6.45, 7) is 3.43. The van der Waals surface area contributed by atoms with Gasteiger partial charge in [0, 0.05) is 23.9 Å². The number of halogens is 1. The molecule has 0 amide bonds. The van der Waals surface area contributed by atoms with Gasteiger partial charge in [0.15, 0.2) is 5.78 Å². The molecular weight excluding hydrogens is 359 g/mol. The van der Waals surface area contributed by atoms with E-state index < -0.39 is 0 Å². The maximum absolute atomic E-state index is 14.1. The third-order valence-corrected chi connectivity index (χ3v) is 6.97. The van der Waals surface area contributed by atoms with Crippen molar-refractivity contribution < 1.29 is 9.18 Å². The van der Waals surface area contributed by atoms with Gasteiger partial charge in [0.1, 0.15) is 11.5 Å². The van der Waals surface area contributed by atoms with Crippen molar-refractivity contribution in [3.63, 3.8) is 0 Å². The van der Waals surface area contributed by atoms with Crippen molar-refractivity contribution in [1.82, 2.24) is 9.27 Å². The van der Waals surface area contributed by atoms with E-state index in [1.54, 1.807) is 12.1 Å². The average Bonchev–Trinajstić information content (AvgIpc) is 3.12. The first kappa shape index (κ1) is 17.0. The number of aromatic nitrogens is 1. The van der Waals surface area contributed by atoms with Crippen LogP contribution in [0.3, 0.4) is 0 Å². The van der Waals surface area contributed by atoms with Crippen molar-refractivity contribution in [2.24, 2.45) is 11.8 Å². The Morgan fingerprint density at radius 2 is 2.00 bits per heavy atom. The van der Waals surface area contributed by atoms with E-state index in [2.05, 4.69) is 9.27 Å². The van der Waals surface area contributed by atoms with E-state index in [9.17, 15) is 9.18 Å². The van der Waals surface area contributed by atoms with Gasteiger partial charge in [-0.15, -0.1) is 0 Å². The summed E-state index contributed by atoms with van der Waals surface area (Å²) in [7, 11) is 0. The van der Waals surface area contributed by atoms with Crippen LogP contribution >= 0.6 is 11.5 Å². The smallest absolute Gasteiger partial charge is 0.183 e. The van der Waals surface area contributed by atoms with E-state index in [0.717, 1.165) is 22.2 Å². The first-order valence-electron chi connectivity index (χ1n) is 9.59. The van der Waals surface area contributed by atoms with E-state index >= 15 is 0 Å². The second kappa shape index (κ2) is 6.80. The Balaban J connectivity index is 1.41. The molecule has 0 spiro atoms. The lowest BCUT2D eigenvalue weighted by atomic mass is 9.76. The highest BCUT2D eigenvalue weighted by molar-refractivity contribution is 7.13. The molecule has 3 aliphatic rings. The third-order valence-electron chi connectivity index (χ3n) is 6.16. The number of rotatable bonds is 4. The summed E-state index contributed by atoms with van der Waals surface area (Å²) >= 11 is 1.33. The van der Waals surface area contributed by atoms with Crippen LogP contribution in [0.4, 0.5) is 4.39 Å². The molecule has 4 heterocycles. The number of piperidine rings is 3. The van der Waals surface area contributed by atoms with Crippen molar-refractivity contribution >= 4 is 27.4 Å². The zero-order chi connectivity index (χ0) is 18.4. The van der Waals surface area contributed by atoms with E-state index in [4.69, 9.17) is 0 Å². The summed E-state index contributed by atoms with van der Waals surface area (Å²) < 4.78 is 19.5. The van der Waals surface area contributed by atoms with Crippen LogP contribution in [0.15, 0.2) is 42.5 Å². The fraction of sp³-hybridized carbons (Fsp3) is 0.364. The van der Waals surface area contributed by atoms with Crippen LogP contribution in [0.2, 0.25) is 0 Å². The summed E-state index contributed by atoms with van der Waals surface area (Å²) in [5.74, 6) is 1.07. The largest absolute Gasteiger partial charge is 0.303 e. The van der Waals surface area contributed by atoms with Crippen molar-refractivity contribution in [3.8, 4) is 11.1 Å². The summed E-state index contributed by atoms with van der Waals surface area (Å²) in [5.41, 5.74) is 1.99. The molecule has 1 aromatic heterocycles. The predicted molar refractivity (Wildman–Crippen MR) is 107 cm³/mol. The lowest BCUT2D eigenvalue weighted by Gasteiger charge is -2.44. The number of fused-ring (bicyclic) bond motifs is 4. The average molecular weight is 380 g/mol. The van der Waals surface area contributed by atoms with Crippen LogP contribution in [0.5, 0.6) is 0 Å². The number of nitrogens with zero attached hydrogens (tertiary/aromatic N) is 2. The molecule has 6 rings (SSSR count). The number of carbonyl (C=O) groups excluding carboxylic acids is 1. The van der Waals surface area contributed by atoms with Crippen molar-refractivity contribution in [2.75, 3.05) is 19.6 Å². The van der Waals surface area contributed by atoms with Gasteiger partial charge in [-0.05, 0) is 67.0 Å². The lowest BCUT2D eigenvalue weighted by molar-refractivity contribution is 0.0440. The lowest BCUT2D eigenvalue weighted by Crippen LogP contribution is -2.47. The Bertz CT molecular complexity index is 1010. The van der Waals surface area contributed by atoms with Gasteiger partial charge in [0.05, 0.1) is 4.70 Å². The van der Waals surface area contributed by atoms with Crippen LogP contribution in [-0.2, 0) is 0 Å². The van der Waals surface area contributed by atoms with Crippen molar-refractivity contribution in [3.05, 3.63) is 54.0 Å². The SMILES string of the molecule is O=C(C[C@@H]1CN2CCC1CC2)c1nsc2cc(-c3ccccc3F)ccc12. The van der Waals surface area contributed by atoms with E-state index in [0.29, 0.717) is 29.5 Å². The third kappa shape index (κ3) is 3.09. The number of benzene rings is 2. The highest BCUT2D eigenvalue weighted by Gasteiger charge is 2.35. The second-order valence-corrected chi connectivity index (χ2v) is 8.55. The van der Waals surface area contributed by atoms with Gasteiger partial charge in [-0.25, -0.2) is 4.39 Å². The summed E-state index contributed by atoms with van der Waals surface area (Å²) in [5, 5.41) is 0.895. The zero-order valence-electron chi connectivity index (χ0n) is 15.0. The highest BCUT2D eigenvalue weighted by atomic mass is 32.1. The fourth-order valence-electron chi connectivity index (χ4n) is 4.66. The molecule has 3 aliphatic heterocycles.